The SMILES string of the molecule is NS(N)(=O)=O.O=c1c2c(c3c(-c4ccccc4)c(O)ccc3n1CCBr)CCC2. The highest BCUT2D eigenvalue weighted by molar-refractivity contribution is 9.09. The van der Waals surface area contributed by atoms with E-state index in [0.717, 1.165) is 57.7 Å². The quantitative estimate of drug-likeness (QED) is 0.498. The van der Waals surface area contributed by atoms with E-state index < -0.39 is 10.2 Å². The van der Waals surface area contributed by atoms with Gasteiger partial charge >= 0.3 is 0 Å². The van der Waals surface area contributed by atoms with Gasteiger partial charge in [0.15, 0.2) is 0 Å². The molecule has 1 aromatic heterocycles. The molecule has 0 atom stereocenters. The Morgan fingerprint density at radius 1 is 1.03 bits per heavy atom. The number of fused-ring (bicyclic) bond motifs is 3. The van der Waals surface area contributed by atoms with E-state index in [4.69, 9.17) is 0 Å². The Morgan fingerprint density at radius 3 is 2.28 bits per heavy atom. The number of hydrogen-bond acceptors (Lipinski definition) is 4. The van der Waals surface area contributed by atoms with Gasteiger partial charge in [-0.3, -0.25) is 4.79 Å². The molecule has 154 valence electrons. The first-order chi connectivity index (χ1) is 13.7. The third-order valence-electron chi connectivity index (χ3n) is 4.85. The molecular formula is C20H22BrN3O4S. The molecule has 2 aromatic carbocycles. The molecule has 5 N–H and O–H groups in total. The van der Waals surface area contributed by atoms with Crippen molar-refractivity contribution in [2.45, 2.75) is 25.8 Å². The minimum absolute atomic E-state index is 0.124. The van der Waals surface area contributed by atoms with Gasteiger partial charge in [0.2, 0.25) is 0 Å². The zero-order valence-corrected chi connectivity index (χ0v) is 18.0. The van der Waals surface area contributed by atoms with E-state index in [9.17, 15) is 18.3 Å². The number of hydrogen-bond donors (Lipinski definition) is 3. The molecule has 0 spiro atoms. The van der Waals surface area contributed by atoms with Gasteiger partial charge < -0.3 is 9.67 Å². The number of alkyl halides is 1. The molecule has 3 aromatic rings. The van der Waals surface area contributed by atoms with E-state index in [1.165, 1.54) is 0 Å². The predicted octanol–water partition coefficient (Wildman–Crippen LogP) is 2.41. The van der Waals surface area contributed by atoms with Crippen molar-refractivity contribution in [1.29, 1.82) is 0 Å². The van der Waals surface area contributed by atoms with Gasteiger partial charge in [0.25, 0.3) is 15.8 Å². The van der Waals surface area contributed by atoms with Gasteiger partial charge in [-0.15, -0.1) is 0 Å². The maximum absolute atomic E-state index is 12.9. The highest BCUT2D eigenvalue weighted by Gasteiger charge is 2.24. The van der Waals surface area contributed by atoms with Crippen LogP contribution in [-0.2, 0) is 29.6 Å². The number of phenolic OH excluding ortho intramolecular Hbond substituents is 1. The number of rotatable bonds is 3. The van der Waals surface area contributed by atoms with E-state index in [0.29, 0.717) is 6.54 Å². The second kappa shape index (κ2) is 8.66. The number of aromatic hydroxyl groups is 1. The lowest BCUT2D eigenvalue weighted by Crippen LogP contribution is -2.25. The van der Waals surface area contributed by atoms with Crippen LogP contribution < -0.4 is 15.8 Å². The van der Waals surface area contributed by atoms with Crippen molar-refractivity contribution in [3.05, 3.63) is 63.9 Å². The Labute approximate surface area is 177 Å². The molecule has 29 heavy (non-hydrogen) atoms. The number of nitrogens with zero attached hydrogens (tertiary/aromatic N) is 1. The highest BCUT2D eigenvalue weighted by atomic mass is 79.9. The summed E-state index contributed by atoms with van der Waals surface area (Å²) >= 11 is 3.46. The van der Waals surface area contributed by atoms with Crippen molar-refractivity contribution in [3.8, 4) is 16.9 Å². The molecule has 0 radical (unpaired) electrons. The van der Waals surface area contributed by atoms with E-state index >= 15 is 0 Å². The largest absolute Gasteiger partial charge is 0.507 e. The summed E-state index contributed by atoms with van der Waals surface area (Å²) < 4.78 is 20.2. The Morgan fingerprint density at radius 2 is 1.66 bits per heavy atom. The average molecular weight is 480 g/mol. The normalized spacial score (nSPS) is 13.1. The number of aryl methyl sites for hydroxylation is 2. The second-order valence-electron chi connectivity index (χ2n) is 6.77. The standard InChI is InChI=1S/C20H18BrNO2.H4N2O2S/c21-11-12-22-16-9-10-17(23)18(13-5-2-1-3-6-13)19(16)14-7-4-8-15(14)20(22)24;1-5(2,3)4/h1-3,5-6,9-10,23H,4,7-8,11-12H2;(H4,1,2,3,4). The number of phenols is 1. The molecule has 4 rings (SSSR count). The van der Waals surface area contributed by atoms with Gasteiger partial charge in [0.1, 0.15) is 5.75 Å². The number of pyridine rings is 1. The summed E-state index contributed by atoms with van der Waals surface area (Å²) in [6.07, 6.45) is 2.73. The van der Waals surface area contributed by atoms with Crippen LogP contribution in [0.15, 0.2) is 47.3 Å². The van der Waals surface area contributed by atoms with Gasteiger partial charge in [-0.25, -0.2) is 10.3 Å². The van der Waals surface area contributed by atoms with Crippen LogP contribution in [0.3, 0.4) is 0 Å². The molecule has 0 saturated carbocycles. The van der Waals surface area contributed by atoms with Crippen LogP contribution in [0.4, 0.5) is 0 Å². The zero-order chi connectivity index (χ0) is 21.2. The lowest BCUT2D eigenvalue weighted by molar-refractivity contribution is 0.478. The molecule has 9 heteroatoms. The average Bonchev–Trinajstić information content (AvgIpc) is 3.14. The van der Waals surface area contributed by atoms with E-state index in [-0.39, 0.29) is 11.3 Å². The molecule has 1 heterocycles. The number of nitrogens with two attached hydrogens (primary N) is 2. The van der Waals surface area contributed by atoms with Gasteiger partial charge in [-0.2, -0.15) is 8.42 Å². The minimum Gasteiger partial charge on any atom is -0.507 e. The summed E-state index contributed by atoms with van der Waals surface area (Å²) in [4.78, 5) is 12.9. The van der Waals surface area contributed by atoms with Gasteiger partial charge in [0, 0.05) is 28.4 Å². The fourth-order valence-corrected chi connectivity index (χ4v) is 4.20. The summed E-state index contributed by atoms with van der Waals surface area (Å²) in [7, 11) is -3.67. The highest BCUT2D eigenvalue weighted by Crippen LogP contribution is 2.40. The summed E-state index contributed by atoms with van der Waals surface area (Å²) in [6.45, 7) is 0.627. The van der Waals surface area contributed by atoms with Crippen molar-refractivity contribution < 1.29 is 13.5 Å². The Kier molecular flexibility index (Phi) is 6.42. The monoisotopic (exact) mass is 479 g/mol. The van der Waals surface area contributed by atoms with Crippen LogP contribution in [0.2, 0.25) is 0 Å². The third kappa shape index (κ3) is 4.69. The molecule has 0 fully saturated rings. The molecule has 0 amide bonds. The Hall–Kier alpha value is -2.20. The molecule has 0 saturated heterocycles. The topological polar surface area (TPSA) is 128 Å². The second-order valence-corrected chi connectivity index (χ2v) is 8.74. The Bertz CT molecular complexity index is 1200. The number of halogens is 1. The van der Waals surface area contributed by atoms with Gasteiger partial charge in [-0.1, -0.05) is 46.3 Å². The molecular weight excluding hydrogens is 458 g/mol. The first-order valence-electron chi connectivity index (χ1n) is 9.04. The lowest BCUT2D eigenvalue weighted by atomic mass is 9.94. The van der Waals surface area contributed by atoms with E-state index in [2.05, 4.69) is 26.2 Å². The molecule has 0 bridgehead atoms. The van der Waals surface area contributed by atoms with Gasteiger partial charge in [-0.05, 0) is 42.5 Å². The third-order valence-corrected chi connectivity index (χ3v) is 5.20. The van der Waals surface area contributed by atoms with Crippen LogP contribution in [0.1, 0.15) is 17.5 Å². The number of benzene rings is 2. The first-order valence-corrected chi connectivity index (χ1v) is 11.8. The van der Waals surface area contributed by atoms with Crippen molar-refractivity contribution in [1.82, 2.24) is 4.57 Å². The van der Waals surface area contributed by atoms with Crippen LogP contribution in [-0.4, -0.2) is 23.4 Å². The molecule has 0 unspecified atom stereocenters. The maximum atomic E-state index is 12.9. The minimum atomic E-state index is -3.67. The molecule has 0 aliphatic heterocycles. The summed E-state index contributed by atoms with van der Waals surface area (Å²) in [5, 5.41) is 20.6. The summed E-state index contributed by atoms with van der Waals surface area (Å²) in [5.41, 5.74) is 4.91. The van der Waals surface area contributed by atoms with Crippen molar-refractivity contribution in [2.24, 2.45) is 10.3 Å². The fraction of sp³-hybridized carbons (Fsp3) is 0.250. The molecule has 1 aliphatic carbocycles. The first kappa shape index (κ1) is 21.5. The smallest absolute Gasteiger partial charge is 0.271 e. The van der Waals surface area contributed by atoms with Gasteiger partial charge in [0.05, 0.1) is 5.52 Å². The predicted molar refractivity (Wildman–Crippen MR) is 118 cm³/mol. The maximum Gasteiger partial charge on any atom is 0.271 e. The van der Waals surface area contributed by atoms with E-state index in [1.807, 2.05) is 41.0 Å². The van der Waals surface area contributed by atoms with E-state index in [1.54, 1.807) is 6.07 Å². The van der Waals surface area contributed by atoms with Crippen LogP contribution in [0, 0.1) is 0 Å². The Balaban J connectivity index is 0.000000431. The summed E-state index contributed by atoms with van der Waals surface area (Å²) in [5.74, 6) is 0.270. The van der Waals surface area contributed by atoms with Crippen molar-refractivity contribution in [3.63, 3.8) is 0 Å². The van der Waals surface area contributed by atoms with Crippen LogP contribution in [0.5, 0.6) is 5.75 Å². The molecule has 1 aliphatic rings. The zero-order valence-electron chi connectivity index (χ0n) is 15.6. The number of aromatic nitrogens is 1. The van der Waals surface area contributed by atoms with Crippen LogP contribution in [0.25, 0.3) is 22.0 Å². The summed E-state index contributed by atoms with van der Waals surface area (Å²) in [6, 6.07) is 13.5. The lowest BCUT2D eigenvalue weighted by Gasteiger charge is -2.17. The van der Waals surface area contributed by atoms with Crippen molar-refractivity contribution >= 4 is 37.0 Å². The van der Waals surface area contributed by atoms with Crippen LogP contribution >= 0.6 is 15.9 Å². The van der Waals surface area contributed by atoms with Crippen molar-refractivity contribution in [2.75, 3.05) is 5.33 Å². The fourth-order valence-electron chi connectivity index (χ4n) is 3.84. The molecule has 7 nitrogen and oxygen atoms in total.